The van der Waals surface area contributed by atoms with Crippen molar-refractivity contribution in [3.05, 3.63) is 70.2 Å². The van der Waals surface area contributed by atoms with Crippen LogP contribution in [-0.2, 0) is 16.6 Å². The maximum atomic E-state index is 13.2. The van der Waals surface area contributed by atoms with Crippen LogP contribution in [0.25, 0.3) is 0 Å². The van der Waals surface area contributed by atoms with Crippen molar-refractivity contribution in [1.82, 2.24) is 4.98 Å². The Morgan fingerprint density at radius 2 is 1.93 bits per heavy atom. The van der Waals surface area contributed by atoms with Crippen LogP contribution in [0, 0.1) is 6.92 Å². The fourth-order valence-electron chi connectivity index (χ4n) is 2.77. The average Bonchev–Trinajstić information content (AvgIpc) is 3.19. The van der Waals surface area contributed by atoms with Crippen LogP contribution in [0.5, 0.6) is 5.75 Å². The zero-order valence-corrected chi connectivity index (χ0v) is 18.2. The number of hydrogen-bond donors (Lipinski definition) is 0. The van der Waals surface area contributed by atoms with Gasteiger partial charge in [0.25, 0.3) is 10.0 Å². The Kier molecular flexibility index (Phi) is 6.27. The Bertz CT molecular complexity index is 1040. The lowest BCUT2D eigenvalue weighted by Gasteiger charge is -2.29. The average molecular weight is 437 g/mol. The lowest BCUT2D eigenvalue weighted by Crippen LogP contribution is -2.37. The Morgan fingerprint density at radius 3 is 2.54 bits per heavy atom. The lowest BCUT2D eigenvalue weighted by molar-refractivity contribution is 0.306. The largest absolute Gasteiger partial charge is 0.487 e. The number of nitrogens with zero attached hydrogens (tertiary/aromatic N) is 2. The third-order valence-corrected chi connectivity index (χ3v) is 7.65. The summed E-state index contributed by atoms with van der Waals surface area (Å²) >= 11 is 7.42. The summed E-state index contributed by atoms with van der Waals surface area (Å²) in [6, 6.07) is 12.8. The summed E-state index contributed by atoms with van der Waals surface area (Å²) in [5.74, 6) is 0.458. The fourth-order valence-corrected chi connectivity index (χ4v) is 5.51. The van der Waals surface area contributed by atoms with Gasteiger partial charge < -0.3 is 4.74 Å². The van der Waals surface area contributed by atoms with Gasteiger partial charge in [0.15, 0.2) is 0 Å². The van der Waals surface area contributed by atoms with Crippen LogP contribution in [-0.4, -0.2) is 19.4 Å². The SMILES string of the molecule is Cc1cc(OCc2ccccc2)c(N(C(C)C)S(=O)(=O)c2nccs2)cc1Cl. The molecule has 28 heavy (non-hydrogen) atoms. The molecule has 0 amide bonds. The number of halogens is 1. The van der Waals surface area contributed by atoms with Crippen molar-refractivity contribution in [2.75, 3.05) is 4.31 Å². The molecule has 0 aliphatic carbocycles. The first-order valence-electron chi connectivity index (χ1n) is 8.71. The maximum absolute atomic E-state index is 13.2. The lowest BCUT2D eigenvalue weighted by atomic mass is 10.2. The summed E-state index contributed by atoms with van der Waals surface area (Å²) < 4.78 is 33.8. The normalized spacial score (nSPS) is 11.6. The van der Waals surface area contributed by atoms with Gasteiger partial charge in [0, 0.05) is 22.6 Å². The summed E-state index contributed by atoms with van der Waals surface area (Å²) in [4.78, 5) is 4.00. The first-order chi connectivity index (χ1) is 13.3. The van der Waals surface area contributed by atoms with E-state index in [1.54, 1.807) is 31.4 Å². The molecule has 0 radical (unpaired) electrons. The molecule has 1 aromatic heterocycles. The minimum atomic E-state index is -3.84. The van der Waals surface area contributed by atoms with Gasteiger partial charge in [-0.3, -0.25) is 4.31 Å². The van der Waals surface area contributed by atoms with Gasteiger partial charge in [-0.2, -0.15) is 8.42 Å². The van der Waals surface area contributed by atoms with Crippen LogP contribution in [0.1, 0.15) is 25.0 Å². The maximum Gasteiger partial charge on any atom is 0.292 e. The van der Waals surface area contributed by atoms with Crippen molar-refractivity contribution in [1.29, 1.82) is 0 Å². The predicted octanol–water partition coefficient (Wildman–Crippen LogP) is 5.29. The van der Waals surface area contributed by atoms with Crippen LogP contribution >= 0.6 is 22.9 Å². The monoisotopic (exact) mass is 436 g/mol. The Labute approximate surface area is 174 Å². The van der Waals surface area contributed by atoms with Gasteiger partial charge >= 0.3 is 0 Å². The molecule has 3 aromatic rings. The number of ether oxygens (including phenoxy) is 1. The van der Waals surface area contributed by atoms with E-state index in [1.165, 1.54) is 10.5 Å². The molecule has 3 rings (SSSR count). The highest BCUT2D eigenvalue weighted by atomic mass is 35.5. The quantitative estimate of drug-likeness (QED) is 0.505. The molecular weight excluding hydrogens is 416 g/mol. The molecule has 5 nitrogen and oxygen atoms in total. The number of hydrogen-bond acceptors (Lipinski definition) is 5. The molecular formula is C20H21ClN2O3S2. The van der Waals surface area contributed by atoms with E-state index in [4.69, 9.17) is 16.3 Å². The van der Waals surface area contributed by atoms with Crippen molar-refractivity contribution in [2.45, 2.75) is 37.8 Å². The summed E-state index contributed by atoms with van der Waals surface area (Å²) in [6.07, 6.45) is 1.48. The first-order valence-corrected chi connectivity index (χ1v) is 11.4. The van der Waals surface area contributed by atoms with Crippen LogP contribution in [0.2, 0.25) is 5.02 Å². The van der Waals surface area contributed by atoms with Gasteiger partial charge in [0.05, 0.1) is 5.69 Å². The molecule has 1 heterocycles. The van der Waals surface area contributed by atoms with Crippen molar-refractivity contribution in [3.63, 3.8) is 0 Å². The molecule has 0 atom stereocenters. The molecule has 0 saturated carbocycles. The van der Waals surface area contributed by atoms with E-state index in [-0.39, 0.29) is 10.4 Å². The number of sulfonamides is 1. The first kappa shape index (κ1) is 20.6. The molecule has 0 saturated heterocycles. The minimum Gasteiger partial charge on any atom is -0.487 e. The summed E-state index contributed by atoms with van der Waals surface area (Å²) in [6.45, 7) is 5.79. The van der Waals surface area contributed by atoms with Crippen molar-refractivity contribution >= 4 is 38.6 Å². The van der Waals surface area contributed by atoms with Gasteiger partial charge in [0.1, 0.15) is 12.4 Å². The summed E-state index contributed by atoms with van der Waals surface area (Å²) in [5, 5.41) is 2.11. The number of aromatic nitrogens is 1. The number of benzene rings is 2. The fraction of sp³-hybridized carbons (Fsp3) is 0.250. The number of aryl methyl sites for hydroxylation is 1. The van der Waals surface area contributed by atoms with E-state index in [2.05, 4.69) is 4.98 Å². The van der Waals surface area contributed by atoms with Crippen LogP contribution < -0.4 is 9.04 Å². The van der Waals surface area contributed by atoms with Gasteiger partial charge in [0.2, 0.25) is 4.34 Å². The predicted molar refractivity (Wildman–Crippen MR) is 114 cm³/mol. The second kappa shape index (κ2) is 8.51. The van der Waals surface area contributed by atoms with Crippen molar-refractivity contribution in [3.8, 4) is 5.75 Å². The Hall–Kier alpha value is -2.09. The van der Waals surface area contributed by atoms with Crippen molar-refractivity contribution < 1.29 is 13.2 Å². The van der Waals surface area contributed by atoms with Gasteiger partial charge in [-0.05, 0) is 44.0 Å². The standard InChI is InChI=1S/C20H21ClN2O3S2/c1-14(2)23(28(24,25)20-22-9-10-27-20)18-12-17(21)15(3)11-19(18)26-13-16-7-5-4-6-8-16/h4-12,14H,13H2,1-3H3. The van der Waals surface area contributed by atoms with Gasteiger partial charge in [-0.25, -0.2) is 4.98 Å². The smallest absolute Gasteiger partial charge is 0.292 e. The number of thiazole rings is 1. The zero-order valence-electron chi connectivity index (χ0n) is 15.8. The van der Waals surface area contributed by atoms with E-state index >= 15 is 0 Å². The molecule has 2 aromatic carbocycles. The highest BCUT2D eigenvalue weighted by Gasteiger charge is 2.32. The van der Waals surface area contributed by atoms with Crippen LogP contribution in [0.3, 0.4) is 0 Å². The molecule has 8 heteroatoms. The minimum absolute atomic E-state index is 0.0342. The molecule has 148 valence electrons. The Morgan fingerprint density at radius 1 is 1.21 bits per heavy atom. The van der Waals surface area contributed by atoms with Crippen molar-refractivity contribution in [2.24, 2.45) is 0 Å². The highest BCUT2D eigenvalue weighted by Crippen LogP contribution is 2.38. The molecule has 0 N–H and O–H groups in total. The summed E-state index contributed by atoms with van der Waals surface area (Å²) in [7, 11) is -3.84. The second-order valence-electron chi connectivity index (χ2n) is 6.54. The van der Waals surface area contributed by atoms with Gasteiger partial charge in [-0.1, -0.05) is 41.9 Å². The van der Waals surface area contributed by atoms with Gasteiger partial charge in [-0.15, -0.1) is 11.3 Å². The second-order valence-corrected chi connectivity index (χ2v) is 9.83. The van der Waals surface area contributed by atoms with Crippen LogP contribution in [0.15, 0.2) is 58.4 Å². The van der Waals surface area contributed by atoms with E-state index in [0.29, 0.717) is 23.1 Å². The molecule has 0 aliphatic heterocycles. The van der Waals surface area contributed by atoms with E-state index in [0.717, 1.165) is 22.5 Å². The zero-order chi connectivity index (χ0) is 20.3. The third-order valence-electron chi connectivity index (χ3n) is 4.07. The molecule has 0 fully saturated rings. The number of anilines is 1. The molecule has 0 aliphatic rings. The highest BCUT2D eigenvalue weighted by molar-refractivity contribution is 7.94. The van der Waals surface area contributed by atoms with E-state index < -0.39 is 10.0 Å². The molecule has 0 bridgehead atoms. The Balaban J connectivity index is 2.06. The van der Waals surface area contributed by atoms with E-state index in [9.17, 15) is 8.42 Å². The van der Waals surface area contributed by atoms with E-state index in [1.807, 2.05) is 37.3 Å². The number of rotatable bonds is 7. The molecule has 0 spiro atoms. The van der Waals surface area contributed by atoms with Crippen LogP contribution in [0.4, 0.5) is 5.69 Å². The summed E-state index contributed by atoms with van der Waals surface area (Å²) in [5.41, 5.74) is 2.19. The topological polar surface area (TPSA) is 59.5 Å². The molecule has 0 unspecified atom stereocenters. The third kappa shape index (κ3) is 4.32.